The first-order valence-electron chi connectivity index (χ1n) is 9.13. The van der Waals surface area contributed by atoms with Crippen LogP contribution in [0.5, 0.6) is 11.5 Å². The van der Waals surface area contributed by atoms with Crippen LogP contribution in [-0.4, -0.2) is 11.7 Å². The van der Waals surface area contributed by atoms with Gasteiger partial charge in [0.1, 0.15) is 17.2 Å². The highest BCUT2D eigenvalue weighted by Crippen LogP contribution is 2.36. The lowest BCUT2D eigenvalue weighted by atomic mass is 10.1. The number of fused-ring (bicyclic) bond motifs is 1. The molecular formula is C22H24N2O2. The third kappa shape index (κ3) is 4.60. The van der Waals surface area contributed by atoms with Crippen molar-refractivity contribution in [3.8, 4) is 11.5 Å². The molecule has 0 spiro atoms. The number of azo groups is 1. The number of phenolic OH excluding ortho intramolecular Hbond substituents is 1. The molecule has 0 radical (unpaired) electrons. The Morgan fingerprint density at radius 2 is 1.65 bits per heavy atom. The summed E-state index contributed by atoms with van der Waals surface area (Å²) < 4.78 is 5.73. The smallest absolute Gasteiger partial charge is 0.143 e. The minimum absolute atomic E-state index is 0.125. The maximum atomic E-state index is 10.1. The first-order chi connectivity index (χ1) is 12.8. The quantitative estimate of drug-likeness (QED) is 0.355. The predicted molar refractivity (Wildman–Crippen MR) is 106 cm³/mol. The van der Waals surface area contributed by atoms with Gasteiger partial charge in [0, 0.05) is 5.39 Å². The summed E-state index contributed by atoms with van der Waals surface area (Å²) in [6, 6.07) is 18.9. The van der Waals surface area contributed by atoms with Crippen molar-refractivity contribution in [1.82, 2.24) is 0 Å². The lowest BCUT2D eigenvalue weighted by molar-refractivity contribution is 0.305. The molecule has 3 aromatic rings. The zero-order chi connectivity index (χ0) is 18.2. The van der Waals surface area contributed by atoms with E-state index in [9.17, 15) is 5.11 Å². The van der Waals surface area contributed by atoms with Gasteiger partial charge in [-0.2, -0.15) is 5.11 Å². The molecule has 26 heavy (non-hydrogen) atoms. The fraction of sp³-hybridized carbons (Fsp3) is 0.273. The molecule has 0 saturated heterocycles. The van der Waals surface area contributed by atoms with Crippen molar-refractivity contribution in [2.45, 2.75) is 32.6 Å². The number of hydrogen-bond donors (Lipinski definition) is 1. The van der Waals surface area contributed by atoms with Crippen LogP contribution in [0.25, 0.3) is 10.8 Å². The SMILES string of the molecule is CCCCCCOc1ccc(N=Nc2c(O)ccc3ccccc23)cc1. The third-order valence-electron chi connectivity index (χ3n) is 4.25. The maximum absolute atomic E-state index is 10.1. The van der Waals surface area contributed by atoms with Crippen molar-refractivity contribution in [3.05, 3.63) is 60.7 Å². The van der Waals surface area contributed by atoms with Gasteiger partial charge in [0.25, 0.3) is 0 Å². The van der Waals surface area contributed by atoms with E-state index < -0.39 is 0 Å². The summed E-state index contributed by atoms with van der Waals surface area (Å²) in [5.41, 5.74) is 1.20. The summed E-state index contributed by atoms with van der Waals surface area (Å²) >= 11 is 0. The number of ether oxygens (including phenoxy) is 1. The second-order valence-corrected chi connectivity index (χ2v) is 6.26. The highest BCUT2D eigenvalue weighted by atomic mass is 16.5. The number of rotatable bonds is 8. The Morgan fingerprint density at radius 1 is 0.846 bits per heavy atom. The molecule has 1 N–H and O–H groups in total. The van der Waals surface area contributed by atoms with Crippen molar-refractivity contribution in [1.29, 1.82) is 0 Å². The normalized spacial score (nSPS) is 11.3. The molecule has 0 fully saturated rings. The maximum Gasteiger partial charge on any atom is 0.143 e. The summed E-state index contributed by atoms with van der Waals surface area (Å²) in [5.74, 6) is 0.966. The van der Waals surface area contributed by atoms with E-state index in [0.717, 1.165) is 35.2 Å². The Morgan fingerprint density at radius 3 is 2.46 bits per heavy atom. The molecule has 0 atom stereocenters. The van der Waals surface area contributed by atoms with Gasteiger partial charge in [-0.05, 0) is 42.1 Å². The van der Waals surface area contributed by atoms with Gasteiger partial charge < -0.3 is 9.84 Å². The van der Waals surface area contributed by atoms with Crippen LogP contribution in [0, 0.1) is 0 Å². The molecule has 4 heteroatoms. The van der Waals surface area contributed by atoms with Gasteiger partial charge >= 0.3 is 0 Å². The van der Waals surface area contributed by atoms with Crippen molar-refractivity contribution in [2.24, 2.45) is 10.2 Å². The zero-order valence-electron chi connectivity index (χ0n) is 15.1. The molecule has 3 rings (SSSR count). The van der Waals surface area contributed by atoms with Crippen LogP contribution in [0.1, 0.15) is 32.6 Å². The van der Waals surface area contributed by atoms with Crippen molar-refractivity contribution in [3.63, 3.8) is 0 Å². The summed E-state index contributed by atoms with van der Waals surface area (Å²) in [6.45, 7) is 2.94. The van der Waals surface area contributed by atoms with Gasteiger partial charge in [-0.15, -0.1) is 5.11 Å². The molecule has 4 nitrogen and oxygen atoms in total. The van der Waals surface area contributed by atoms with Crippen LogP contribution in [-0.2, 0) is 0 Å². The van der Waals surface area contributed by atoms with E-state index in [2.05, 4.69) is 17.2 Å². The number of unbranched alkanes of at least 4 members (excludes halogenated alkanes) is 3. The van der Waals surface area contributed by atoms with Gasteiger partial charge in [0.05, 0.1) is 12.3 Å². The molecular weight excluding hydrogens is 324 g/mol. The second-order valence-electron chi connectivity index (χ2n) is 6.26. The molecule has 0 aliphatic heterocycles. The van der Waals surface area contributed by atoms with Gasteiger partial charge in [-0.25, -0.2) is 0 Å². The Hall–Kier alpha value is -2.88. The number of phenols is 1. The number of hydrogen-bond acceptors (Lipinski definition) is 4. The molecule has 0 saturated carbocycles. The molecule has 0 aromatic heterocycles. The van der Waals surface area contributed by atoms with E-state index in [0.29, 0.717) is 5.69 Å². The van der Waals surface area contributed by atoms with Crippen LogP contribution in [0.4, 0.5) is 11.4 Å². The average molecular weight is 348 g/mol. The molecule has 3 aromatic carbocycles. The Bertz CT molecular complexity index is 873. The van der Waals surface area contributed by atoms with E-state index in [-0.39, 0.29) is 5.75 Å². The lowest BCUT2D eigenvalue weighted by Gasteiger charge is -2.06. The van der Waals surface area contributed by atoms with E-state index in [1.54, 1.807) is 6.07 Å². The monoisotopic (exact) mass is 348 g/mol. The fourth-order valence-electron chi connectivity index (χ4n) is 2.78. The van der Waals surface area contributed by atoms with E-state index in [1.807, 2.05) is 54.6 Å². The van der Waals surface area contributed by atoms with Crippen LogP contribution in [0.3, 0.4) is 0 Å². The standard InChI is InChI=1S/C22H24N2O2/c1-2-3-4-7-16-26-19-13-11-18(12-14-19)23-24-22-20-9-6-5-8-17(20)10-15-21(22)25/h5-6,8-15,25H,2-4,7,16H2,1H3. The summed E-state index contributed by atoms with van der Waals surface area (Å²) in [4.78, 5) is 0. The van der Waals surface area contributed by atoms with Gasteiger partial charge in [0.15, 0.2) is 0 Å². The zero-order valence-corrected chi connectivity index (χ0v) is 15.1. The molecule has 134 valence electrons. The summed E-state index contributed by atoms with van der Waals surface area (Å²) in [5, 5.41) is 20.5. The number of nitrogens with zero attached hydrogens (tertiary/aromatic N) is 2. The molecule has 0 unspecified atom stereocenters. The first kappa shape index (κ1) is 17.9. The summed E-state index contributed by atoms with van der Waals surface area (Å²) in [6.07, 6.45) is 4.77. The highest BCUT2D eigenvalue weighted by Gasteiger charge is 2.05. The number of benzene rings is 3. The van der Waals surface area contributed by atoms with E-state index in [1.165, 1.54) is 19.3 Å². The van der Waals surface area contributed by atoms with Gasteiger partial charge in [-0.3, -0.25) is 0 Å². The minimum atomic E-state index is 0.125. The first-order valence-corrected chi connectivity index (χ1v) is 9.13. The molecule has 0 aliphatic carbocycles. The molecule has 0 amide bonds. The van der Waals surface area contributed by atoms with Crippen molar-refractivity contribution < 1.29 is 9.84 Å². The van der Waals surface area contributed by atoms with Gasteiger partial charge in [0.2, 0.25) is 0 Å². The Labute approximate surface area is 154 Å². The van der Waals surface area contributed by atoms with Crippen LogP contribution in [0.15, 0.2) is 70.9 Å². The van der Waals surface area contributed by atoms with Crippen LogP contribution in [0.2, 0.25) is 0 Å². The van der Waals surface area contributed by atoms with Gasteiger partial charge in [-0.1, -0.05) is 56.5 Å². The van der Waals surface area contributed by atoms with Crippen LogP contribution < -0.4 is 4.74 Å². The average Bonchev–Trinajstić information content (AvgIpc) is 2.68. The third-order valence-corrected chi connectivity index (χ3v) is 4.25. The van der Waals surface area contributed by atoms with E-state index >= 15 is 0 Å². The second kappa shape index (κ2) is 8.99. The lowest BCUT2D eigenvalue weighted by Crippen LogP contribution is -1.96. The molecule has 0 bridgehead atoms. The predicted octanol–water partition coefficient (Wildman–Crippen LogP) is 6.92. The minimum Gasteiger partial charge on any atom is -0.506 e. The van der Waals surface area contributed by atoms with E-state index in [4.69, 9.17) is 4.74 Å². The Balaban J connectivity index is 1.67. The molecule has 0 aliphatic rings. The summed E-state index contributed by atoms with van der Waals surface area (Å²) in [7, 11) is 0. The Kier molecular flexibility index (Phi) is 6.20. The highest BCUT2D eigenvalue weighted by molar-refractivity contribution is 5.95. The topological polar surface area (TPSA) is 54.2 Å². The van der Waals surface area contributed by atoms with Crippen molar-refractivity contribution >= 4 is 22.1 Å². The van der Waals surface area contributed by atoms with Crippen molar-refractivity contribution in [2.75, 3.05) is 6.61 Å². The fourth-order valence-corrected chi connectivity index (χ4v) is 2.78. The largest absolute Gasteiger partial charge is 0.506 e. The molecule has 0 heterocycles. The number of aromatic hydroxyl groups is 1. The van der Waals surface area contributed by atoms with Crippen LogP contribution >= 0.6 is 0 Å².